The average Bonchev–Trinajstić information content (AvgIpc) is 1.97. The number of carbonyl (C=O) groups is 2. The van der Waals surface area contributed by atoms with Crippen molar-refractivity contribution < 1.29 is 9.59 Å². The van der Waals surface area contributed by atoms with Crippen molar-refractivity contribution in [2.45, 2.75) is 33.6 Å². The Morgan fingerprint density at radius 1 is 1.42 bits per heavy atom. The third-order valence-electron chi connectivity index (χ3n) is 2.92. The van der Waals surface area contributed by atoms with E-state index >= 15 is 0 Å². The molecule has 2 amide bonds. The molecule has 1 aliphatic rings. The van der Waals surface area contributed by atoms with Gasteiger partial charge in [-0.1, -0.05) is 20.8 Å². The number of amides is 2. The summed E-state index contributed by atoms with van der Waals surface area (Å²) in [5, 5.41) is 2.37. The monoisotopic (exact) mass is 169 g/mol. The van der Waals surface area contributed by atoms with E-state index in [1.807, 2.05) is 20.8 Å². The Labute approximate surface area is 72.5 Å². The Bertz CT molecular complexity index is 223. The topological polar surface area (TPSA) is 46.2 Å². The van der Waals surface area contributed by atoms with Crippen LogP contribution in [0.25, 0.3) is 0 Å². The van der Waals surface area contributed by atoms with E-state index in [0.29, 0.717) is 12.8 Å². The average molecular weight is 169 g/mol. The Kier molecular flexibility index (Phi) is 2.22. The molecule has 1 heterocycles. The van der Waals surface area contributed by atoms with Crippen LogP contribution in [-0.2, 0) is 9.59 Å². The first kappa shape index (κ1) is 9.23. The maximum Gasteiger partial charge on any atom is 0.232 e. The molecule has 0 saturated carbocycles. The first-order valence-corrected chi connectivity index (χ1v) is 4.31. The molecule has 3 heteroatoms. The van der Waals surface area contributed by atoms with Crippen LogP contribution in [0.15, 0.2) is 0 Å². The summed E-state index contributed by atoms with van der Waals surface area (Å²) >= 11 is 0. The molecular formula is C9H15NO2. The molecule has 0 aromatic carbocycles. The van der Waals surface area contributed by atoms with Gasteiger partial charge < -0.3 is 0 Å². The Balaban J connectivity index is 2.80. The second-order valence-corrected chi connectivity index (χ2v) is 3.95. The minimum atomic E-state index is -0.353. The maximum absolute atomic E-state index is 11.4. The predicted octanol–water partition coefficient (Wildman–Crippen LogP) is 1.09. The lowest BCUT2D eigenvalue weighted by Gasteiger charge is -2.34. The summed E-state index contributed by atoms with van der Waals surface area (Å²) in [4.78, 5) is 22.3. The van der Waals surface area contributed by atoms with Crippen molar-refractivity contribution >= 4 is 11.8 Å². The summed E-state index contributed by atoms with van der Waals surface area (Å²) in [6.07, 6.45) is 1.15. The molecular weight excluding hydrogens is 154 g/mol. The van der Waals surface area contributed by atoms with E-state index in [2.05, 4.69) is 5.32 Å². The van der Waals surface area contributed by atoms with Gasteiger partial charge in [0.1, 0.15) is 0 Å². The van der Waals surface area contributed by atoms with Crippen LogP contribution in [0.3, 0.4) is 0 Å². The maximum atomic E-state index is 11.4. The van der Waals surface area contributed by atoms with Gasteiger partial charge in [0.05, 0.1) is 0 Å². The van der Waals surface area contributed by atoms with Gasteiger partial charge in [0.25, 0.3) is 0 Å². The SMILES string of the molecule is CC(C)C1(C)CCC(=O)NC1=O. The number of hydrogen-bond donors (Lipinski definition) is 1. The minimum absolute atomic E-state index is 0.117. The Hall–Kier alpha value is -0.860. The summed E-state index contributed by atoms with van der Waals surface area (Å²) < 4.78 is 0. The van der Waals surface area contributed by atoms with Crippen LogP contribution >= 0.6 is 0 Å². The molecule has 1 atom stereocenters. The highest BCUT2D eigenvalue weighted by Crippen LogP contribution is 2.34. The van der Waals surface area contributed by atoms with Gasteiger partial charge in [0, 0.05) is 11.8 Å². The number of carbonyl (C=O) groups excluding carboxylic acids is 2. The molecule has 0 radical (unpaired) electrons. The lowest BCUT2D eigenvalue weighted by molar-refractivity contribution is -0.143. The van der Waals surface area contributed by atoms with Crippen LogP contribution in [0, 0.1) is 11.3 Å². The largest absolute Gasteiger partial charge is 0.296 e. The molecule has 0 aromatic heterocycles. The second-order valence-electron chi connectivity index (χ2n) is 3.95. The van der Waals surface area contributed by atoms with Crippen molar-refractivity contribution in [3.63, 3.8) is 0 Å². The smallest absolute Gasteiger partial charge is 0.232 e. The molecule has 0 spiro atoms. The summed E-state index contributed by atoms with van der Waals surface area (Å²) in [5.41, 5.74) is -0.353. The number of hydrogen-bond acceptors (Lipinski definition) is 2. The molecule has 0 bridgehead atoms. The van der Waals surface area contributed by atoms with Crippen LogP contribution in [0.4, 0.5) is 0 Å². The molecule has 1 fully saturated rings. The van der Waals surface area contributed by atoms with Gasteiger partial charge in [-0.2, -0.15) is 0 Å². The molecule has 1 aliphatic heterocycles. The third kappa shape index (κ3) is 1.36. The second kappa shape index (κ2) is 2.88. The fourth-order valence-electron chi connectivity index (χ4n) is 1.37. The molecule has 0 aromatic rings. The van der Waals surface area contributed by atoms with E-state index in [0.717, 1.165) is 0 Å². The van der Waals surface area contributed by atoms with Gasteiger partial charge in [-0.3, -0.25) is 14.9 Å². The number of nitrogens with one attached hydrogen (secondary N) is 1. The van der Waals surface area contributed by atoms with E-state index < -0.39 is 0 Å². The van der Waals surface area contributed by atoms with Gasteiger partial charge in [-0.15, -0.1) is 0 Å². The van der Waals surface area contributed by atoms with Crippen LogP contribution in [0.5, 0.6) is 0 Å². The van der Waals surface area contributed by atoms with Crippen molar-refractivity contribution in [2.75, 3.05) is 0 Å². The fraction of sp³-hybridized carbons (Fsp3) is 0.778. The van der Waals surface area contributed by atoms with Gasteiger partial charge in [0.2, 0.25) is 11.8 Å². The van der Waals surface area contributed by atoms with E-state index in [4.69, 9.17) is 0 Å². The lowest BCUT2D eigenvalue weighted by Crippen LogP contribution is -2.49. The molecule has 1 rings (SSSR count). The van der Waals surface area contributed by atoms with Crippen molar-refractivity contribution in [3.05, 3.63) is 0 Å². The molecule has 3 nitrogen and oxygen atoms in total. The number of rotatable bonds is 1. The highest BCUT2D eigenvalue weighted by Gasteiger charge is 2.40. The molecule has 1 saturated heterocycles. The van der Waals surface area contributed by atoms with Crippen molar-refractivity contribution in [1.29, 1.82) is 0 Å². The zero-order chi connectivity index (χ0) is 9.35. The summed E-state index contributed by atoms with van der Waals surface area (Å²) in [6.45, 7) is 5.93. The lowest BCUT2D eigenvalue weighted by atomic mass is 9.73. The van der Waals surface area contributed by atoms with Gasteiger partial charge in [-0.25, -0.2) is 0 Å². The van der Waals surface area contributed by atoms with Crippen LogP contribution < -0.4 is 5.32 Å². The van der Waals surface area contributed by atoms with Crippen molar-refractivity contribution in [3.8, 4) is 0 Å². The van der Waals surface area contributed by atoms with E-state index in [1.165, 1.54) is 0 Å². The van der Waals surface area contributed by atoms with Gasteiger partial charge in [0.15, 0.2) is 0 Å². The van der Waals surface area contributed by atoms with Gasteiger partial charge >= 0.3 is 0 Å². The molecule has 0 aliphatic carbocycles. The minimum Gasteiger partial charge on any atom is -0.296 e. The quantitative estimate of drug-likeness (QED) is 0.597. The zero-order valence-corrected chi connectivity index (χ0v) is 7.81. The van der Waals surface area contributed by atoms with Crippen LogP contribution in [-0.4, -0.2) is 11.8 Å². The molecule has 1 N–H and O–H groups in total. The Morgan fingerprint density at radius 3 is 2.42 bits per heavy atom. The molecule has 68 valence electrons. The van der Waals surface area contributed by atoms with Crippen molar-refractivity contribution in [2.24, 2.45) is 11.3 Å². The molecule has 1 unspecified atom stereocenters. The summed E-state index contributed by atoms with van der Waals surface area (Å²) in [5.74, 6) is 0.0254. The van der Waals surface area contributed by atoms with Crippen LogP contribution in [0.2, 0.25) is 0 Å². The fourth-order valence-corrected chi connectivity index (χ4v) is 1.37. The zero-order valence-electron chi connectivity index (χ0n) is 7.81. The number of imide groups is 1. The third-order valence-corrected chi connectivity index (χ3v) is 2.92. The van der Waals surface area contributed by atoms with Crippen LogP contribution in [0.1, 0.15) is 33.6 Å². The highest BCUT2D eigenvalue weighted by atomic mass is 16.2. The number of piperidine rings is 1. The first-order valence-electron chi connectivity index (χ1n) is 4.31. The normalized spacial score (nSPS) is 30.7. The Morgan fingerprint density at radius 2 is 2.00 bits per heavy atom. The highest BCUT2D eigenvalue weighted by molar-refractivity contribution is 6.00. The van der Waals surface area contributed by atoms with E-state index in [9.17, 15) is 9.59 Å². The summed E-state index contributed by atoms with van der Waals surface area (Å²) in [7, 11) is 0. The van der Waals surface area contributed by atoms with Gasteiger partial charge in [-0.05, 0) is 12.3 Å². The standard InChI is InChI=1S/C9H15NO2/c1-6(2)9(3)5-4-7(11)10-8(9)12/h6H,4-5H2,1-3H3,(H,10,11,12). The first-order chi connectivity index (χ1) is 5.47. The molecule has 12 heavy (non-hydrogen) atoms. The van der Waals surface area contributed by atoms with Crippen molar-refractivity contribution in [1.82, 2.24) is 5.32 Å². The van der Waals surface area contributed by atoms with E-state index in [1.54, 1.807) is 0 Å². The predicted molar refractivity (Wildman–Crippen MR) is 45.3 cm³/mol. The summed E-state index contributed by atoms with van der Waals surface area (Å²) in [6, 6.07) is 0. The van der Waals surface area contributed by atoms with E-state index in [-0.39, 0.29) is 23.1 Å².